The van der Waals surface area contributed by atoms with Crippen LogP contribution in [0.1, 0.15) is 17.0 Å². The Morgan fingerprint density at radius 1 is 0.867 bits per heavy atom. The highest BCUT2D eigenvalue weighted by molar-refractivity contribution is 5.44. The predicted octanol–water partition coefficient (Wildman–Crippen LogP) is 2.32. The zero-order valence-electron chi connectivity index (χ0n) is 17.2. The first kappa shape index (κ1) is 19.1. The Morgan fingerprint density at radius 2 is 1.73 bits per heavy atom. The van der Waals surface area contributed by atoms with Gasteiger partial charge in [0.25, 0.3) is 0 Å². The molecule has 1 N–H and O–H groups in total. The van der Waals surface area contributed by atoms with Gasteiger partial charge < -0.3 is 10.0 Å². The first-order chi connectivity index (χ1) is 14.7. The van der Waals surface area contributed by atoms with Crippen LogP contribution in [-0.4, -0.2) is 62.4 Å². The largest absolute Gasteiger partial charge is 0.508 e. The smallest absolute Gasteiger partial charge is 0.115 e. The maximum absolute atomic E-state index is 9.70. The number of rotatable bonds is 5. The molecule has 0 unspecified atom stereocenters. The molecule has 0 spiro atoms. The second-order valence-electron chi connectivity index (χ2n) is 8.21. The number of fused-ring (bicyclic) bond motifs is 1. The molecule has 2 aliphatic heterocycles. The Labute approximate surface area is 177 Å². The van der Waals surface area contributed by atoms with Gasteiger partial charge in [-0.2, -0.15) is 5.10 Å². The summed E-state index contributed by atoms with van der Waals surface area (Å²) >= 11 is 0. The molecular formula is C23H28N6O. The Hall–Kier alpha value is -2.90. The van der Waals surface area contributed by atoms with Crippen LogP contribution in [0, 0.1) is 0 Å². The van der Waals surface area contributed by atoms with Crippen LogP contribution in [-0.2, 0) is 26.2 Å². The average molecular weight is 405 g/mol. The number of piperazine rings is 1. The Morgan fingerprint density at radius 3 is 2.53 bits per heavy atom. The summed E-state index contributed by atoms with van der Waals surface area (Å²) in [6.07, 6.45) is 3.77. The number of aromatic hydroxyl groups is 1. The van der Waals surface area contributed by atoms with Gasteiger partial charge in [0.05, 0.1) is 29.8 Å². The van der Waals surface area contributed by atoms with E-state index in [4.69, 9.17) is 5.10 Å². The number of anilines is 1. The third-order valence-electron chi connectivity index (χ3n) is 6.01. The second-order valence-corrected chi connectivity index (χ2v) is 8.21. The topological polar surface area (TPSA) is 60.7 Å². The number of phenolic OH excluding ortho intramolecular Hbond substituents is 1. The zero-order valence-corrected chi connectivity index (χ0v) is 17.2. The van der Waals surface area contributed by atoms with Crippen LogP contribution in [0.25, 0.3) is 0 Å². The molecular weight excluding hydrogens is 376 g/mol. The fourth-order valence-electron chi connectivity index (χ4n) is 4.44. The highest BCUT2D eigenvalue weighted by atomic mass is 16.3. The van der Waals surface area contributed by atoms with Crippen molar-refractivity contribution < 1.29 is 5.11 Å². The van der Waals surface area contributed by atoms with Crippen molar-refractivity contribution in [3.8, 4) is 5.75 Å². The van der Waals surface area contributed by atoms with Gasteiger partial charge >= 0.3 is 0 Å². The third-order valence-corrected chi connectivity index (χ3v) is 6.01. The molecule has 0 saturated carbocycles. The lowest BCUT2D eigenvalue weighted by Crippen LogP contribution is -2.46. The maximum atomic E-state index is 9.70. The molecule has 1 saturated heterocycles. The lowest BCUT2D eigenvalue weighted by atomic mass is 10.2. The standard InChI is InChI=1S/C23H28N6O/c30-23-5-1-3-19(13-23)16-27-9-12-29-22(18-27)14-20(25-29)17-26-7-10-28(11-8-26)21-4-2-6-24-15-21/h1-6,13-15,30H,7-12,16-18H2. The van der Waals surface area contributed by atoms with Gasteiger partial charge in [0.15, 0.2) is 0 Å². The summed E-state index contributed by atoms with van der Waals surface area (Å²) in [5.41, 5.74) is 4.81. The number of nitrogens with zero attached hydrogens (tertiary/aromatic N) is 6. The molecule has 0 atom stereocenters. The van der Waals surface area contributed by atoms with E-state index in [1.807, 2.05) is 30.6 Å². The quantitative estimate of drug-likeness (QED) is 0.704. The van der Waals surface area contributed by atoms with E-state index in [2.05, 4.69) is 42.6 Å². The van der Waals surface area contributed by atoms with Gasteiger partial charge in [-0.25, -0.2) is 0 Å². The van der Waals surface area contributed by atoms with Crippen LogP contribution in [0.5, 0.6) is 5.75 Å². The zero-order chi connectivity index (χ0) is 20.3. The van der Waals surface area contributed by atoms with Crippen LogP contribution in [0.2, 0.25) is 0 Å². The number of hydrogen-bond acceptors (Lipinski definition) is 6. The molecule has 2 aromatic heterocycles. The third kappa shape index (κ3) is 4.32. The van der Waals surface area contributed by atoms with Crippen molar-refractivity contribution in [1.82, 2.24) is 24.6 Å². The fraction of sp³-hybridized carbons (Fsp3) is 0.391. The molecule has 7 heteroatoms. The lowest BCUT2D eigenvalue weighted by molar-refractivity contribution is 0.204. The molecule has 7 nitrogen and oxygen atoms in total. The van der Waals surface area contributed by atoms with E-state index in [1.165, 1.54) is 17.1 Å². The monoisotopic (exact) mass is 404 g/mol. The number of benzene rings is 1. The Balaban J connectivity index is 1.16. The Kier molecular flexibility index (Phi) is 5.38. The van der Waals surface area contributed by atoms with Crippen molar-refractivity contribution in [2.24, 2.45) is 0 Å². The van der Waals surface area contributed by atoms with Crippen molar-refractivity contribution in [3.05, 3.63) is 71.8 Å². The van der Waals surface area contributed by atoms with E-state index in [0.717, 1.165) is 64.5 Å². The summed E-state index contributed by atoms with van der Waals surface area (Å²) in [4.78, 5) is 11.6. The molecule has 5 rings (SSSR count). The van der Waals surface area contributed by atoms with Gasteiger partial charge in [0.1, 0.15) is 5.75 Å². The van der Waals surface area contributed by atoms with Gasteiger partial charge in [-0.15, -0.1) is 0 Å². The molecule has 0 bridgehead atoms. The molecule has 1 aromatic carbocycles. The van der Waals surface area contributed by atoms with Crippen molar-refractivity contribution in [1.29, 1.82) is 0 Å². The molecule has 0 aliphatic carbocycles. The first-order valence-electron chi connectivity index (χ1n) is 10.7. The van der Waals surface area contributed by atoms with E-state index < -0.39 is 0 Å². The van der Waals surface area contributed by atoms with Gasteiger partial charge in [0, 0.05) is 58.6 Å². The van der Waals surface area contributed by atoms with E-state index in [-0.39, 0.29) is 0 Å². The van der Waals surface area contributed by atoms with Crippen LogP contribution < -0.4 is 4.90 Å². The summed E-state index contributed by atoms with van der Waals surface area (Å²) in [6, 6.07) is 13.9. The fourth-order valence-corrected chi connectivity index (χ4v) is 4.44. The minimum atomic E-state index is 0.334. The lowest BCUT2D eigenvalue weighted by Gasteiger charge is -2.35. The van der Waals surface area contributed by atoms with Crippen molar-refractivity contribution in [2.75, 3.05) is 37.6 Å². The molecule has 156 valence electrons. The van der Waals surface area contributed by atoms with Crippen LogP contribution in [0.15, 0.2) is 54.9 Å². The molecule has 4 heterocycles. The van der Waals surface area contributed by atoms with Crippen LogP contribution in [0.3, 0.4) is 0 Å². The van der Waals surface area contributed by atoms with E-state index >= 15 is 0 Å². The van der Waals surface area contributed by atoms with E-state index in [1.54, 1.807) is 6.07 Å². The average Bonchev–Trinajstić information content (AvgIpc) is 3.16. The van der Waals surface area contributed by atoms with Crippen LogP contribution in [0.4, 0.5) is 5.69 Å². The minimum Gasteiger partial charge on any atom is -0.508 e. The van der Waals surface area contributed by atoms with Crippen molar-refractivity contribution in [2.45, 2.75) is 26.2 Å². The van der Waals surface area contributed by atoms with Gasteiger partial charge in [-0.05, 0) is 35.9 Å². The predicted molar refractivity (Wildman–Crippen MR) is 116 cm³/mol. The number of phenols is 1. The summed E-state index contributed by atoms with van der Waals surface area (Å²) < 4.78 is 2.17. The number of pyridine rings is 1. The van der Waals surface area contributed by atoms with Gasteiger partial charge in [-0.3, -0.25) is 19.5 Å². The number of aromatic nitrogens is 3. The minimum absolute atomic E-state index is 0.334. The molecule has 2 aliphatic rings. The molecule has 0 amide bonds. The summed E-state index contributed by atoms with van der Waals surface area (Å²) in [5.74, 6) is 0.334. The summed E-state index contributed by atoms with van der Waals surface area (Å²) in [6.45, 7) is 8.70. The normalized spacial score (nSPS) is 17.8. The van der Waals surface area contributed by atoms with Gasteiger partial charge in [-0.1, -0.05) is 12.1 Å². The molecule has 3 aromatic rings. The summed E-state index contributed by atoms with van der Waals surface area (Å²) in [5, 5.41) is 14.6. The SMILES string of the molecule is Oc1cccc(CN2CCn3nc(CN4CCN(c5cccnc5)CC4)cc3C2)c1. The number of hydrogen-bond donors (Lipinski definition) is 1. The molecule has 1 fully saturated rings. The van der Waals surface area contributed by atoms with Crippen LogP contribution >= 0.6 is 0 Å². The van der Waals surface area contributed by atoms with E-state index in [0.29, 0.717) is 5.75 Å². The van der Waals surface area contributed by atoms with E-state index in [9.17, 15) is 5.11 Å². The first-order valence-corrected chi connectivity index (χ1v) is 10.7. The molecule has 30 heavy (non-hydrogen) atoms. The summed E-state index contributed by atoms with van der Waals surface area (Å²) in [7, 11) is 0. The highest BCUT2D eigenvalue weighted by Gasteiger charge is 2.22. The van der Waals surface area contributed by atoms with Gasteiger partial charge in [0.2, 0.25) is 0 Å². The second kappa shape index (κ2) is 8.45. The maximum Gasteiger partial charge on any atom is 0.115 e. The Bertz CT molecular complexity index is 980. The molecule has 0 radical (unpaired) electrons. The highest BCUT2D eigenvalue weighted by Crippen LogP contribution is 2.20. The van der Waals surface area contributed by atoms with Crippen molar-refractivity contribution in [3.63, 3.8) is 0 Å². The van der Waals surface area contributed by atoms with Crippen molar-refractivity contribution >= 4 is 5.69 Å².